The van der Waals surface area contributed by atoms with Gasteiger partial charge in [0.25, 0.3) is 0 Å². The van der Waals surface area contributed by atoms with Gasteiger partial charge in [-0.25, -0.2) is 0 Å². The zero-order valence-corrected chi connectivity index (χ0v) is 14.3. The van der Waals surface area contributed by atoms with Crippen LogP contribution < -0.4 is 11.1 Å². The molecule has 6 heteroatoms. The number of hydrogen-bond acceptors (Lipinski definition) is 3. The Hall–Kier alpha value is -0.810. The average Bonchev–Trinajstić information content (AvgIpc) is 2.92. The molecule has 2 rings (SSSR count). The zero-order chi connectivity index (χ0) is 16.1. The summed E-state index contributed by atoms with van der Waals surface area (Å²) < 4.78 is 0. The lowest BCUT2D eigenvalue weighted by molar-refractivity contribution is -0.126. The number of halogens is 2. The van der Waals surface area contributed by atoms with E-state index in [9.17, 15) is 4.79 Å². The smallest absolute Gasteiger partial charge is 0.237 e. The molecule has 1 fully saturated rings. The molecule has 0 spiro atoms. The maximum atomic E-state index is 12.6. The lowest BCUT2D eigenvalue weighted by Crippen LogP contribution is -2.47. The Morgan fingerprint density at radius 3 is 2.91 bits per heavy atom. The van der Waals surface area contributed by atoms with Crippen LogP contribution in [-0.2, 0) is 11.3 Å². The third-order valence-corrected chi connectivity index (χ3v) is 5.18. The van der Waals surface area contributed by atoms with Crippen molar-refractivity contribution >= 4 is 29.1 Å². The summed E-state index contributed by atoms with van der Waals surface area (Å²) in [6, 6.07) is 5.35. The van der Waals surface area contributed by atoms with Crippen LogP contribution in [0.4, 0.5) is 0 Å². The highest BCUT2D eigenvalue weighted by Gasteiger charge is 2.37. The van der Waals surface area contributed by atoms with Crippen molar-refractivity contribution in [2.45, 2.75) is 32.4 Å². The quantitative estimate of drug-likeness (QED) is 0.834. The number of carbonyl (C=O) groups excluding carboxylic acids is 1. The maximum Gasteiger partial charge on any atom is 0.237 e. The lowest BCUT2D eigenvalue weighted by atomic mass is 9.96. The summed E-state index contributed by atoms with van der Waals surface area (Å²) >= 11 is 12.2. The molecule has 0 aliphatic carbocycles. The molecular formula is C16H23Cl2N3O. The van der Waals surface area contributed by atoms with Crippen LogP contribution in [0.1, 0.15) is 25.3 Å². The summed E-state index contributed by atoms with van der Waals surface area (Å²) in [6.45, 7) is 4.78. The molecule has 3 N–H and O–H groups in total. The SMILES string of the molecule is CC[C@@H]1CCN(CCN)[C@@H]1C(=O)NCc1cccc(Cl)c1Cl. The first-order chi connectivity index (χ1) is 10.6. The number of carbonyl (C=O) groups is 1. The highest BCUT2D eigenvalue weighted by molar-refractivity contribution is 6.42. The van der Waals surface area contributed by atoms with Gasteiger partial charge in [-0.1, -0.05) is 48.7 Å². The van der Waals surface area contributed by atoms with Crippen LogP contribution in [0, 0.1) is 5.92 Å². The van der Waals surface area contributed by atoms with Crippen LogP contribution >= 0.6 is 23.2 Å². The normalized spacial score (nSPS) is 22.0. The van der Waals surface area contributed by atoms with E-state index in [2.05, 4.69) is 17.1 Å². The second-order valence-electron chi connectivity index (χ2n) is 5.66. The van der Waals surface area contributed by atoms with E-state index in [1.54, 1.807) is 6.07 Å². The van der Waals surface area contributed by atoms with Gasteiger partial charge in [-0.2, -0.15) is 0 Å². The number of nitrogens with two attached hydrogens (primary N) is 1. The molecule has 122 valence electrons. The molecule has 0 unspecified atom stereocenters. The molecule has 0 aromatic heterocycles. The lowest BCUT2D eigenvalue weighted by Gasteiger charge is -2.26. The van der Waals surface area contributed by atoms with Crippen LogP contribution in [0.15, 0.2) is 18.2 Å². The van der Waals surface area contributed by atoms with E-state index < -0.39 is 0 Å². The van der Waals surface area contributed by atoms with Crippen molar-refractivity contribution in [1.82, 2.24) is 10.2 Å². The van der Waals surface area contributed by atoms with Crippen LogP contribution in [0.3, 0.4) is 0 Å². The standard InChI is InChI=1S/C16H23Cl2N3O/c1-2-11-6-8-21(9-7-19)15(11)16(22)20-10-12-4-3-5-13(17)14(12)18/h3-5,11,15H,2,6-10,19H2,1H3,(H,20,22)/t11-,15+/m1/s1. The topological polar surface area (TPSA) is 58.4 Å². The molecule has 1 heterocycles. The first kappa shape index (κ1) is 17.5. The van der Waals surface area contributed by atoms with Crippen LogP contribution in [0.5, 0.6) is 0 Å². The monoisotopic (exact) mass is 343 g/mol. The van der Waals surface area contributed by atoms with Crippen molar-refractivity contribution in [2.75, 3.05) is 19.6 Å². The fourth-order valence-corrected chi connectivity index (χ4v) is 3.51. The zero-order valence-electron chi connectivity index (χ0n) is 12.8. The number of likely N-dealkylation sites (tertiary alicyclic amines) is 1. The van der Waals surface area contributed by atoms with Crippen molar-refractivity contribution in [3.8, 4) is 0 Å². The Labute approximate surface area is 141 Å². The Kier molecular flexibility index (Phi) is 6.50. The summed E-state index contributed by atoms with van der Waals surface area (Å²) in [5, 5.41) is 4.00. The molecule has 0 radical (unpaired) electrons. The minimum absolute atomic E-state index is 0.0499. The molecule has 1 saturated heterocycles. The Bertz CT molecular complexity index is 524. The largest absolute Gasteiger partial charge is 0.351 e. The number of benzene rings is 1. The highest BCUT2D eigenvalue weighted by Crippen LogP contribution is 2.28. The molecule has 0 saturated carbocycles. The number of nitrogens with one attached hydrogen (secondary N) is 1. The van der Waals surface area contributed by atoms with E-state index in [1.165, 1.54) is 0 Å². The fourth-order valence-electron chi connectivity index (χ4n) is 3.12. The number of nitrogens with zero attached hydrogens (tertiary/aromatic N) is 1. The molecule has 2 atom stereocenters. The number of amides is 1. The van der Waals surface area contributed by atoms with E-state index >= 15 is 0 Å². The molecule has 0 bridgehead atoms. The second kappa shape index (κ2) is 8.16. The molecular weight excluding hydrogens is 321 g/mol. The van der Waals surface area contributed by atoms with Gasteiger partial charge < -0.3 is 11.1 Å². The third-order valence-electron chi connectivity index (χ3n) is 4.32. The summed E-state index contributed by atoms with van der Waals surface area (Å²) in [4.78, 5) is 14.8. The fraction of sp³-hybridized carbons (Fsp3) is 0.562. The third kappa shape index (κ3) is 3.93. The second-order valence-corrected chi connectivity index (χ2v) is 6.44. The number of hydrogen-bond donors (Lipinski definition) is 2. The first-order valence-electron chi connectivity index (χ1n) is 7.73. The van der Waals surface area contributed by atoms with Crippen LogP contribution in [0.2, 0.25) is 10.0 Å². The predicted octanol–water partition coefficient (Wildman–Crippen LogP) is 2.67. The predicted molar refractivity (Wildman–Crippen MR) is 91.1 cm³/mol. The number of rotatable bonds is 6. The summed E-state index contributed by atoms with van der Waals surface area (Å²) in [7, 11) is 0. The van der Waals surface area contributed by atoms with E-state index in [1.807, 2.05) is 12.1 Å². The van der Waals surface area contributed by atoms with Gasteiger partial charge in [0.1, 0.15) is 0 Å². The molecule has 1 aliphatic heterocycles. The molecule has 1 aromatic carbocycles. The van der Waals surface area contributed by atoms with Gasteiger partial charge in [0.15, 0.2) is 0 Å². The Morgan fingerprint density at radius 2 is 2.23 bits per heavy atom. The maximum absolute atomic E-state index is 12.6. The summed E-state index contributed by atoms with van der Waals surface area (Å²) in [5.41, 5.74) is 6.49. The highest BCUT2D eigenvalue weighted by atomic mass is 35.5. The van der Waals surface area contributed by atoms with Crippen LogP contribution in [-0.4, -0.2) is 36.5 Å². The van der Waals surface area contributed by atoms with Gasteiger partial charge in [-0.3, -0.25) is 9.69 Å². The van der Waals surface area contributed by atoms with E-state index in [0.717, 1.165) is 31.5 Å². The Morgan fingerprint density at radius 1 is 1.45 bits per heavy atom. The van der Waals surface area contributed by atoms with Crippen molar-refractivity contribution in [3.63, 3.8) is 0 Å². The average molecular weight is 344 g/mol. The summed E-state index contributed by atoms with van der Waals surface area (Å²) in [5.74, 6) is 0.440. The van der Waals surface area contributed by atoms with Gasteiger partial charge in [0.2, 0.25) is 5.91 Å². The molecule has 1 aromatic rings. The first-order valence-corrected chi connectivity index (χ1v) is 8.48. The van der Waals surface area contributed by atoms with Crippen molar-refractivity contribution in [2.24, 2.45) is 11.7 Å². The van der Waals surface area contributed by atoms with Crippen molar-refractivity contribution in [1.29, 1.82) is 0 Å². The van der Waals surface area contributed by atoms with Crippen LogP contribution in [0.25, 0.3) is 0 Å². The Balaban J connectivity index is 2.02. The summed E-state index contributed by atoms with van der Waals surface area (Å²) in [6.07, 6.45) is 2.05. The van der Waals surface area contributed by atoms with E-state index in [-0.39, 0.29) is 11.9 Å². The van der Waals surface area contributed by atoms with E-state index in [0.29, 0.717) is 29.1 Å². The van der Waals surface area contributed by atoms with Crippen molar-refractivity contribution in [3.05, 3.63) is 33.8 Å². The van der Waals surface area contributed by atoms with Gasteiger partial charge >= 0.3 is 0 Å². The molecule has 1 aliphatic rings. The van der Waals surface area contributed by atoms with Gasteiger partial charge in [-0.15, -0.1) is 0 Å². The van der Waals surface area contributed by atoms with Gasteiger partial charge in [0, 0.05) is 19.6 Å². The molecule has 22 heavy (non-hydrogen) atoms. The van der Waals surface area contributed by atoms with Gasteiger partial charge in [0.05, 0.1) is 16.1 Å². The van der Waals surface area contributed by atoms with E-state index in [4.69, 9.17) is 28.9 Å². The van der Waals surface area contributed by atoms with Gasteiger partial charge in [-0.05, 0) is 30.5 Å². The minimum Gasteiger partial charge on any atom is -0.351 e. The van der Waals surface area contributed by atoms with Crippen molar-refractivity contribution < 1.29 is 4.79 Å². The molecule has 4 nitrogen and oxygen atoms in total. The minimum atomic E-state index is -0.0912. The molecule has 1 amide bonds.